The van der Waals surface area contributed by atoms with Crippen LogP contribution in [-0.2, 0) is 30.4 Å². The first-order valence-corrected chi connectivity index (χ1v) is 19.1. The van der Waals surface area contributed by atoms with Gasteiger partial charge in [-0.05, 0) is 121 Å². The average Bonchev–Trinajstić information content (AvgIpc) is 3.01. The highest BCUT2D eigenvalue weighted by atomic mass is 32.2. The zero-order valence-electron chi connectivity index (χ0n) is 26.8. The van der Waals surface area contributed by atoms with Crippen LogP contribution in [0.25, 0.3) is 0 Å². The van der Waals surface area contributed by atoms with Gasteiger partial charge in [-0.15, -0.1) is 0 Å². The van der Waals surface area contributed by atoms with E-state index in [9.17, 15) is 38.9 Å². The number of anilines is 4. The molecule has 0 heterocycles. The predicted molar refractivity (Wildman–Crippen MR) is 188 cm³/mol. The van der Waals surface area contributed by atoms with Crippen LogP contribution >= 0.6 is 0 Å². The van der Waals surface area contributed by atoms with Gasteiger partial charge < -0.3 is 10.6 Å². The summed E-state index contributed by atoms with van der Waals surface area (Å²) in [6, 6.07) is 26.2. The molecule has 14 heteroatoms. The molecule has 5 aromatic carbocycles. The second kappa shape index (κ2) is 13.4. The maximum absolute atomic E-state index is 12.5. The van der Waals surface area contributed by atoms with Crippen molar-refractivity contribution in [2.75, 3.05) is 10.6 Å². The molecule has 0 unspecified atom stereocenters. The number of hydrogen-bond donors (Lipinski definition) is 5. The topological polar surface area (TPSA) is 187 Å². The number of aryl methyl sites for hydroxylation is 4. The van der Waals surface area contributed by atoms with E-state index in [-0.39, 0.29) is 14.7 Å². The summed E-state index contributed by atoms with van der Waals surface area (Å²) in [4.78, 5) is -0.643. The van der Waals surface area contributed by atoms with Crippen LogP contribution in [0.15, 0.2) is 112 Å². The van der Waals surface area contributed by atoms with Crippen molar-refractivity contribution in [3.05, 3.63) is 136 Å². The van der Waals surface area contributed by atoms with Gasteiger partial charge in [0.1, 0.15) is 0 Å². The summed E-state index contributed by atoms with van der Waals surface area (Å²) < 4.78 is 101. The summed E-state index contributed by atoms with van der Waals surface area (Å²) in [5.41, 5.74) is 6.85. The van der Waals surface area contributed by atoms with Gasteiger partial charge in [-0.25, -0.2) is 0 Å². The first kappa shape index (κ1) is 35.7. The van der Waals surface area contributed by atoms with Crippen LogP contribution in [0.2, 0.25) is 0 Å². The largest absolute Gasteiger partial charge is 0.355 e. The molecule has 0 saturated heterocycles. The Morgan fingerprint density at radius 1 is 0.490 bits per heavy atom. The van der Waals surface area contributed by atoms with Crippen LogP contribution in [0.4, 0.5) is 22.7 Å². The molecule has 5 rings (SSSR count). The van der Waals surface area contributed by atoms with E-state index in [0.717, 1.165) is 0 Å². The molecule has 11 nitrogen and oxygen atoms in total. The van der Waals surface area contributed by atoms with Crippen LogP contribution in [0, 0.1) is 27.7 Å². The quantitative estimate of drug-likeness (QED) is 0.0718. The van der Waals surface area contributed by atoms with E-state index >= 15 is 0 Å². The second-order valence-electron chi connectivity index (χ2n) is 11.8. The van der Waals surface area contributed by atoms with Gasteiger partial charge in [0.2, 0.25) is 0 Å². The van der Waals surface area contributed by atoms with Gasteiger partial charge in [0.15, 0.2) is 0 Å². The van der Waals surface area contributed by atoms with Crippen molar-refractivity contribution >= 4 is 53.1 Å². The van der Waals surface area contributed by atoms with E-state index in [1.54, 1.807) is 64.1 Å². The van der Waals surface area contributed by atoms with Crippen LogP contribution in [0.3, 0.4) is 0 Å². The Bertz CT molecular complexity index is 2210. The molecule has 256 valence electrons. The van der Waals surface area contributed by atoms with Crippen molar-refractivity contribution in [1.29, 1.82) is 0 Å². The molecule has 0 bridgehead atoms. The zero-order valence-corrected chi connectivity index (χ0v) is 29.3. The summed E-state index contributed by atoms with van der Waals surface area (Å²) in [5, 5.41) is 6.57. The third-order valence-electron chi connectivity index (χ3n) is 8.14. The number of hydrogen-bond acceptors (Lipinski definition) is 8. The van der Waals surface area contributed by atoms with Crippen LogP contribution in [0.5, 0.6) is 0 Å². The van der Waals surface area contributed by atoms with E-state index in [0.29, 0.717) is 61.7 Å². The Kier molecular flexibility index (Phi) is 9.76. The maximum atomic E-state index is 12.5. The fraction of sp³-hybridized carbons (Fsp3) is 0.143. The minimum absolute atomic E-state index is 0.203. The van der Waals surface area contributed by atoms with E-state index < -0.39 is 36.3 Å². The fourth-order valence-electron chi connectivity index (χ4n) is 5.85. The molecule has 0 radical (unpaired) electrons. The molecule has 0 atom stereocenters. The Labute approximate surface area is 285 Å². The minimum Gasteiger partial charge on any atom is -0.355 e. The Morgan fingerprint density at radius 2 is 0.837 bits per heavy atom. The standard InChI is InChI=1S/C35H34N2O9S3/c1-21-17-29(47(38,39)40)18-22(2)34(21)36-27-13-9-25(10-14-27)33(31-7-5-6-8-32(31)49(44,45)46)26-11-15-28(16-12-26)37-35-23(3)19-30(20-24(35)4)48(41,42)43/h5-20,33,36-37H,1-4H3,(H,38,39,40)(H,41,42,43)(H,44,45,46). The van der Waals surface area contributed by atoms with Gasteiger partial charge in [0.25, 0.3) is 30.4 Å². The molecule has 49 heavy (non-hydrogen) atoms. The Hall–Kier alpha value is -4.57. The van der Waals surface area contributed by atoms with Gasteiger partial charge in [-0.2, -0.15) is 25.3 Å². The molecule has 5 N–H and O–H groups in total. The van der Waals surface area contributed by atoms with Crippen molar-refractivity contribution in [1.82, 2.24) is 0 Å². The third kappa shape index (κ3) is 8.02. The van der Waals surface area contributed by atoms with Crippen molar-refractivity contribution in [2.24, 2.45) is 0 Å². The summed E-state index contributed by atoms with van der Waals surface area (Å²) >= 11 is 0. The number of rotatable bonds is 10. The predicted octanol–water partition coefficient (Wildman–Crippen LogP) is 7.33. The molecule has 0 aliphatic rings. The molecule has 5 aromatic rings. The Morgan fingerprint density at radius 3 is 1.16 bits per heavy atom. The molecule has 0 fully saturated rings. The van der Waals surface area contributed by atoms with Gasteiger partial charge in [0.05, 0.1) is 14.7 Å². The van der Waals surface area contributed by atoms with Gasteiger partial charge >= 0.3 is 0 Å². The lowest BCUT2D eigenvalue weighted by Crippen LogP contribution is -2.10. The molecule has 0 amide bonds. The van der Waals surface area contributed by atoms with E-state index in [1.807, 2.05) is 24.3 Å². The highest BCUT2D eigenvalue weighted by molar-refractivity contribution is 7.86. The lowest BCUT2D eigenvalue weighted by molar-refractivity contribution is 0.480. The maximum Gasteiger partial charge on any atom is 0.294 e. The SMILES string of the molecule is Cc1cc(S(=O)(=O)O)cc(C)c1Nc1ccc(C(c2ccc(Nc3c(C)cc(S(=O)(=O)O)cc3C)cc2)c2ccccc2S(=O)(=O)O)cc1. The Balaban J connectivity index is 1.52. The highest BCUT2D eigenvalue weighted by Gasteiger charge is 2.25. The molecular weight excluding hydrogens is 689 g/mol. The van der Waals surface area contributed by atoms with Crippen LogP contribution < -0.4 is 10.6 Å². The van der Waals surface area contributed by atoms with Crippen LogP contribution in [0.1, 0.15) is 44.9 Å². The summed E-state index contributed by atoms with van der Waals surface area (Å²) in [5.74, 6) is -0.628. The first-order valence-electron chi connectivity index (χ1n) is 14.8. The normalized spacial score (nSPS) is 12.2. The van der Waals surface area contributed by atoms with Crippen molar-refractivity contribution in [2.45, 2.75) is 48.3 Å². The minimum atomic E-state index is -4.59. The fourth-order valence-corrected chi connectivity index (χ4v) is 7.89. The van der Waals surface area contributed by atoms with E-state index in [1.165, 1.54) is 36.4 Å². The van der Waals surface area contributed by atoms with E-state index in [2.05, 4.69) is 10.6 Å². The van der Waals surface area contributed by atoms with E-state index in [4.69, 9.17) is 0 Å². The lowest BCUT2D eigenvalue weighted by Gasteiger charge is -2.22. The molecular formula is C35H34N2O9S3. The number of nitrogens with one attached hydrogen (secondary N) is 2. The van der Waals surface area contributed by atoms with Crippen LogP contribution in [-0.4, -0.2) is 38.9 Å². The summed E-state index contributed by atoms with van der Waals surface area (Å²) in [6.07, 6.45) is 0. The average molecular weight is 723 g/mol. The summed E-state index contributed by atoms with van der Waals surface area (Å²) in [7, 11) is -13.3. The first-order chi connectivity index (χ1) is 22.8. The van der Waals surface area contributed by atoms with Crippen molar-refractivity contribution < 1.29 is 38.9 Å². The lowest BCUT2D eigenvalue weighted by atomic mass is 9.85. The third-order valence-corrected chi connectivity index (χ3v) is 10.7. The summed E-state index contributed by atoms with van der Waals surface area (Å²) in [6.45, 7) is 6.87. The number of benzene rings is 5. The van der Waals surface area contributed by atoms with Gasteiger partial charge in [-0.3, -0.25) is 13.7 Å². The van der Waals surface area contributed by atoms with Crippen molar-refractivity contribution in [3.63, 3.8) is 0 Å². The zero-order chi connectivity index (χ0) is 35.9. The smallest absolute Gasteiger partial charge is 0.294 e. The molecule has 0 aliphatic heterocycles. The highest BCUT2D eigenvalue weighted by Crippen LogP contribution is 2.38. The molecule has 0 aliphatic carbocycles. The van der Waals surface area contributed by atoms with Crippen molar-refractivity contribution in [3.8, 4) is 0 Å². The second-order valence-corrected chi connectivity index (χ2v) is 16.0. The molecule has 0 spiro atoms. The van der Waals surface area contributed by atoms with Gasteiger partial charge in [-0.1, -0.05) is 42.5 Å². The monoisotopic (exact) mass is 722 g/mol. The molecule has 0 saturated carbocycles. The molecule has 0 aromatic heterocycles. The van der Waals surface area contributed by atoms with Gasteiger partial charge in [0, 0.05) is 28.7 Å².